The number of hydrogen-bond donors (Lipinski definition) is 1. The number of unbranched alkanes of at least 4 members (excludes halogenated alkanes) is 1. The highest BCUT2D eigenvalue weighted by molar-refractivity contribution is 5.80. The van der Waals surface area contributed by atoms with Crippen LogP contribution >= 0.6 is 0 Å². The van der Waals surface area contributed by atoms with Crippen LogP contribution in [-0.4, -0.2) is 36.5 Å². The number of carboxylic acids is 1. The largest absolute Gasteiger partial charge is 0.479 e. The average molecular weight is 284 g/mol. The van der Waals surface area contributed by atoms with E-state index in [4.69, 9.17) is 14.6 Å². The summed E-state index contributed by atoms with van der Waals surface area (Å²) in [6.07, 6.45) is 12.0. The Morgan fingerprint density at radius 1 is 1.15 bits per heavy atom. The van der Waals surface area contributed by atoms with Crippen molar-refractivity contribution in [3.63, 3.8) is 0 Å². The van der Waals surface area contributed by atoms with Crippen LogP contribution in [-0.2, 0) is 14.3 Å². The van der Waals surface area contributed by atoms with Gasteiger partial charge in [-0.25, -0.2) is 4.79 Å². The van der Waals surface area contributed by atoms with E-state index in [2.05, 4.69) is 0 Å². The van der Waals surface area contributed by atoms with Crippen LogP contribution in [0.4, 0.5) is 0 Å². The number of aliphatic carboxylic acids is 1. The Morgan fingerprint density at radius 2 is 1.85 bits per heavy atom. The SMILES string of the molecule is O=C(O)C1(CCCCOCCCC2CCCCC2)CO1. The highest BCUT2D eigenvalue weighted by Crippen LogP contribution is 2.32. The van der Waals surface area contributed by atoms with E-state index >= 15 is 0 Å². The fourth-order valence-electron chi connectivity index (χ4n) is 3.13. The smallest absolute Gasteiger partial charge is 0.338 e. The van der Waals surface area contributed by atoms with Gasteiger partial charge in [-0.2, -0.15) is 0 Å². The molecular weight excluding hydrogens is 256 g/mol. The summed E-state index contributed by atoms with van der Waals surface area (Å²) in [5.74, 6) is 0.126. The summed E-state index contributed by atoms with van der Waals surface area (Å²) in [6.45, 7) is 1.99. The van der Waals surface area contributed by atoms with Crippen molar-refractivity contribution in [2.45, 2.75) is 69.8 Å². The molecule has 1 unspecified atom stereocenters. The molecule has 1 aliphatic heterocycles. The third-order valence-electron chi connectivity index (χ3n) is 4.63. The summed E-state index contributed by atoms with van der Waals surface area (Å²) >= 11 is 0. The van der Waals surface area contributed by atoms with Gasteiger partial charge in [0.1, 0.15) is 0 Å². The van der Waals surface area contributed by atoms with Gasteiger partial charge in [0.25, 0.3) is 0 Å². The standard InChI is InChI=1S/C16H28O4/c17-15(18)16(13-20-16)10-4-5-11-19-12-6-9-14-7-2-1-3-8-14/h14H,1-13H2,(H,17,18). The zero-order valence-electron chi connectivity index (χ0n) is 12.4. The van der Waals surface area contributed by atoms with Gasteiger partial charge in [-0.1, -0.05) is 32.1 Å². The van der Waals surface area contributed by atoms with Crippen LogP contribution in [0, 0.1) is 5.92 Å². The number of hydrogen-bond acceptors (Lipinski definition) is 3. The molecule has 1 aliphatic carbocycles. The van der Waals surface area contributed by atoms with Crippen molar-refractivity contribution in [3.8, 4) is 0 Å². The lowest BCUT2D eigenvalue weighted by Crippen LogP contribution is -2.23. The quantitative estimate of drug-likeness (QED) is 0.493. The lowest BCUT2D eigenvalue weighted by Gasteiger charge is -2.21. The van der Waals surface area contributed by atoms with Crippen molar-refractivity contribution in [2.24, 2.45) is 5.92 Å². The van der Waals surface area contributed by atoms with Crippen molar-refractivity contribution in [1.29, 1.82) is 0 Å². The first-order valence-corrected chi connectivity index (χ1v) is 8.18. The van der Waals surface area contributed by atoms with Gasteiger partial charge in [0.05, 0.1) is 6.61 Å². The van der Waals surface area contributed by atoms with E-state index < -0.39 is 11.6 Å². The molecule has 0 aromatic carbocycles. The number of carbonyl (C=O) groups is 1. The molecule has 1 heterocycles. The molecule has 2 rings (SSSR count). The minimum absolute atomic E-state index is 0.380. The number of ether oxygens (including phenoxy) is 2. The Balaban J connectivity index is 1.38. The van der Waals surface area contributed by atoms with Crippen LogP contribution in [0.2, 0.25) is 0 Å². The Labute approximate surface area is 121 Å². The van der Waals surface area contributed by atoms with E-state index in [1.54, 1.807) is 0 Å². The predicted molar refractivity (Wildman–Crippen MR) is 76.8 cm³/mol. The molecule has 0 spiro atoms. The molecule has 0 aromatic rings. The molecule has 1 saturated heterocycles. The molecule has 4 nitrogen and oxygen atoms in total. The van der Waals surface area contributed by atoms with Crippen LogP contribution < -0.4 is 0 Å². The van der Waals surface area contributed by atoms with E-state index in [9.17, 15) is 4.79 Å². The molecule has 1 N–H and O–H groups in total. The molecule has 2 fully saturated rings. The average Bonchev–Trinajstić information content (AvgIpc) is 3.24. The van der Waals surface area contributed by atoms with Crippen LogP contribution in [0.5, 0.6) is 0 Å². The van der Waals surface area contributed by atoms with E-state index in [1.165, 1.54) is 44.9 Å². The molecule has 0 amide bonds. The van der Waals surface area contributed by atoms with Gasteiger partial charge in [0.15, 0.2) is 5.60 Å². The second-order valence-corrected chi connectivity index (χ2v) is 6.30. The van der Waals surface area contributed by atoms with E-state index in [-0.39, 0.29) is 0 Å². The lowest BCUT2D eigenvalue weighted by molar-refractivity contribution is -0.143. The maximum absolute atomic E-state index is 10.9. The van der Waals surface area contributed by atoms with Gasteiger partial charge >= 0.3 is 5.97 Å². The molecule has 1 saturated carbocycles. The first-order chi connectivity index (χ1) is 9.73. The third kappa shape index (κ3) is 5.06. The highest BCUT2D eigenvalue weighted by Gasteiger charge is 2.51. The molecule has 116 valence electrons. The summed E-state index contributed by atoms with van der Waals surface area (Å²) in [5.41, 5.74) is -0.846. The van der Waals surface area contributed by atoms with Gasteiger partial charge in [-0.15, -0.1) is 0 Å². The summed E-state index contributed by atoms with van der Waals surface area (Å²) < 4.78 is 10.7. The molecule has 0 aromatic heterocycles. The van der Waals surface area contributed by atoms with Gasteiger partial charge in [0, 0.05) is 13.2 Å². The van der Waals surface area contributed by atoms with E-state index in [1.807, 2.05) is 0 Å². The van der Waals surface area contributed by atoms with Gasteiger partial charge in [-0.3, -0.25) is 0 Å². The first kappa shape index (κ1) is 15.8. The summed E-state index contributed by atoms with van der Waals surface area (Å²) in [6, 6.07) is 0. The Hall–Kier alpha value is -0.610. The lowest BCUT2D eigenvalue weighted by atomic mass is 9.86. The highest BCUT2D eigenvalue weighted by atomic mass is 16.6. The van der Waals surface area contributed by atoms with E-state index in [0.29, 0.717) is 13.0 Å². The van der Waals surface area contributed by atoms with Crippen LogP contribution in [0.25, 0.3) is 0 Å². The zero-order valence-corrected chi connectivity index (χ0v) is 12.4. The maximum Gasteiger partial charge on any atom is 0.338 e. The van der Waals surface area contributed by atoms with Gasteiger partial charge in [-0.05, 0) is 38.0 Å². The van der Waals surface area contributed by atoms with Crippen molar-refractivity contribution in [2.75, 3.05) is 19.8 Å². The summed E-state index contributed by atoms with van der Waals surface area (Å²) in [5, 5.41) is 8.94. The van der Waals surface area contributed by atoms with Gasteiger partial charge < -0.3 is 14.6 Å². The molecule has 4 heteroatoms. The topological polar surface area (TPSA) is 59.1 Å². The van der Waals surface area contributed by atoms with Crippen LogP contribution in [0.1, 0.15) is 64.2 Å². The molecule has 2 aliphatic rings. The predicted octanol–water partition coefficient (Wildman–Crippen LogP) is 3.39. The fourth-order valence-corrected chi connectivity index (χ4v) is 3.13. The summed E-state index contributed by atoms with van der Waals surface area (Å²) in [7, 11) is 0. The number of epoxide rings is 1. The molecule has 20 heavy (non-hydrogen) atoms. The Morgan fingerprint density at radius 3 is 2.50 bits per heavy atom. The molecule has 1 atom stereocenters. The number of rotatable bonds is 10. The van der Waals surface area contributed by atoms with Crippen molar-refractivity contribution in [3.05, 3.63) is 0 Å². The molecular formula is C16H28O4. The van der Waals surface area contributed by atoms with Crippen molar-refractivity contribution >= 4 is 5.97 Å². The van der Waals surface area contributed by atoms with Gasteiger partial charge in [0.2, 0.25) is 0 Å². The van der Waals surface area contributed by atoms with Crippen molar-refractivity contribution in [1.82, 2.24) is 0 Å². The summed E-state index contributed by atoms with van der Waals surface area (Å²) in [4.78, 5) is 10.9. The number of carboxylic acid groups (broad SMARTS) is 1. The minimum Gasteiger partial charge on any atom is -0.479 e. The van der Waals surface area contributed by atoms with Crippen LogP contribution in [0.3, 0.4) is 0 Å². The zero-order chi connectivity index (χ0) is 14.3. The van der Waals surface area contributed by atoms with Crippen molar-refractivity contribution < 1.29 is 19.4 Å². The Bertz CT molecular complexity index is 293. The van der Waals surface area contributed by atoms with E-state index in [0.717, 1.165) is 32.0 Å². The Kier molecular flexibility index (Phi) is 6.30. The molecule has 0 radical (unpaired) electrons. The normalized spacial score (nSPS) is 26.6. The molecule has 0 bridgehead atoms. The second kappa shape index (κ2) is 7.99. The van der Waals surface area contributed by atoms with Crippen LogP contribution in [0.15, 0.2) is 0 Å². The fraction of sp³-hybridized carbons (Fsp3) is 0.938. The first-order valence-electron chi connectivity index (χ1n) is 8.18. The maximum atomic E-state index is 10.9. The third-order valence-corrected chi connectivity index (χ3v) is 4.63. The monoisotopic (exact) mass is 284 g/mol. The second-order valence-electron chi connectivity index (χ2n) is 6.30. The minimum atomic E-state index is -0.846.